The number of carbonyl (C=O) groups is 1. The fraction of sp³-hybridized carbons (Fsp3) is 0.429. The minimum Gasteiger partial charge on any atom is -0.494 e. The van der Waals surface area contributed by atoms with E-state index in [1.165, 1.54) is 25.4 Å². The Balaban J connectivity index is 1.44. The molecule has 4 atom stereocenters. The van der Waals surface area contributed by atoms with Crippen molar-refractivity contribution in [2.45, 2.75) is 25.0 Å². The predicted molar refractivity (Wildman–Crippen MR) is 99.7 cm³/mol. The molecule has 1 aromatic heterocycles. The summed E-state index contributed by atoms with van der Waals surface area (Å²) in [6, 6.07) is 7.47. The topological polar surface area (TPSA) is 71.9 Å². The van der Waals surface area contributed by atoms with Crippen LogP contribution in [0, 0.1) is 17.7 Å². The van der Waals surface area contributed by atoms with Gasteiger partial charge in [0.1, 0.15) is 23.4 Å². The number of carbonyl (C=O) groups excluding carboxylic acids is 1. The van der Waals surface area contributed by atoms with E-state index in [9.17, 15) is 14.3 Å². The molecule has 1 N–H and O–H groups in total. The Labute approximate surface area is 162 Å². The summed E-state index contributed by atoms with van der Waals surface area (Å²) < 4.78 is 24.2. The van der Waals surface area contributed by atoms with Crippen molar-refractivity contribution in [1.82, 2.24) is 9.88 Å². The fourth-order valence-electron chi connectivity index (χ4n) is 4.26. The van der Waals surface area contributed by atoms with Gasteiger partial charge >= 0.3 is 0 Å². The molecule has 2 aromatic rings. The molecule has 0 unspecified atom stereocenters. The average Bonchev–Trinajstić information content (AvgIpc) is 3.12. The number of likely N-dealkylation sites (tertiary alicyclic amines) is 1. The summed E-state index contributed by atoms with van der Waals surface area (Å²) in [5, 5.41) is 10.5. The summed E-state index contributed by atoms with van der Waals surface area (Å²) in [6.45, 7) is 1.22. The third-order valence-electron chi connectivity index (χ3n) is 5.71. The minimum absolute atomic E-state index is 0.0841. The summed E-state index contributed by atoms with van der Waals surface area (Å²) in [4.78, 5) is 18.8. The number of methoxy groups -OCH3 is 1. The maximum Gasteiger partial charge on any atom is 0.257 e. The smallest absolute Gasteiger partial charge is 0.257 e. The first-order chi connectivity index (χ1) is 13.5. The lowest BCUT2D eigenvalue weighted by Crippen LogP contribution is -2.42. The zero-order valence-electron chi connectivity index (χ0n) is 15.6. The number of halogens is 1. The zero-order chi connectivity index (χ0) is 19.7. The predicted octanol–water partition coefficient (Wildman–Crippen LogP) is 2.52. The Hall–Kier alpha value is -2.67. The van der Waals surface area contributed by atoms with Gasteiger partial charge in [-0.25, -0.2) is 4.39 Å². The molecule has 2 aliphatic rings. The molecule has 2 fully saturated rings. The van der Waals surface area contributed by atoms with E-state index in [-0.39, 0.29) is 29.7 Å². The van der Waals surface area contributed by atoms with Crippen LogP contribution in [-0.2, 0) is 0 Å². The summed E-state index contributed by atoms with van der Waals surface area (Å²) in [7, 11) is 1.52. The number of fused-ring (bicyclic) bond motifs is 1. The van der Waals surface area contributed by atoms with Crippen LogP contribution in [0.25, 0.3) is 0 Å². The van der Waals surface area contributed by atoms with E-state index in [0.717, 1.165) is 0 Å². The van der Waals surface area contributed by atoms with Crippen LogP contribution in [-0.4, -0.2) is 53.3 Å². The molecule has 2 heterocycles. The van der Waals surface area contributed by atoms with E-state index in [4.69, 9.17) is 9.47 Å². The second-order valence-electron chi connectivity index (χ2n) is 7.46. The van der Waals surface area contributed by atoms with Gasteiger partial charge in [0.15, 0.2) is 0 Å². The second kappa shape index (κ2) is 7.75. The summed E-state index contributed by atoms with van der Waals surface area (Å²) in [5.74, 6) is 1.08. The summed E-state index contributed by atoms with van der Waals surface area (Å²) in [6.07, 6.45) is 3.37. The monoisotopic (exact) mass is 386 g/mol. The van der Waals surface area contributed by atoms with Crippen molar-refractivity contribution in [3.8, 4) is 11.5 Å². The van der Waals surface area contributed by atoms with Gasteiger partial charge in [0.2, 0.25) is 0 Å². The number of aliphatic hydroxyl groups excluding tert-OH is 1. The molecule has 0 radical (unpaired) electrons. The molecule has 1 aliphatic carbocycles. The first-order valence-corrected chi connectivity index (χ1v) is 9.42. The molecular weight excluding hydrogens is 363 g/mol. The summed E-state index contributed by atoms with van der Waals surface area (Å²) in [5.41, 5.74) is 0.496. The van der Waals surface area contributed by atoms with Crippen molar-refractivity contribution in [3.05, 3.63) is 54.1 Å². The third-order valence-corrected chi connectivity index (χ3v) is 5.71. The van der Waals surface area contributed by atoms with Crippen LogP contribution in [0.15, 0.2) is 42.7 Å². The molecule has 148 valence electrons. The fourth-order valence-corrected chi connectivity index (χ4v) is 4.26. The average molecular weight is 386 g/mol. The van der Waals surface area contributed by atoms with Crippen molar-refractivity contribution in [2.75, 3.05) is 20.2 Å². The van der Waals surface area contributed by atoms with Crippen LogP contribution in [0.3, 0.4) is 0 Å². The minimum atomic E-state index is -0.614. The Bertz CT molecular complexity index is 845. The van der Waals surface area contributed by atoms with Gasteiger partial charge in [-0.15, -0.1) is 0 Å². The van der Waals surface area contributed by atoms with Gasteiger partial charge in [-0.05, 0) is 55.0 Å². The second-order valence-corrected chi connectivity index (χ2v) is 7.46. The maximum absolute atomic E-state index is 13.1. The van der Waals surface area contributed by atoms with E-state index < -0.39 is 6.10 Å². The normalized spacial score (nSPS) is 26.6. The molecule has 28 heavy (non-hydrogen) atoms. The van der Waals surface area contributed by atoms with Crippen molar-refractivity contribution >= 4 is 5.91 Å². The molecule has 1 amide bonds. The van der Waals surface area contributed by atoms with Gasteiger partial charge < -0.3 is 19.5 Å². The van der Waals surface area contributed by atoms with E-state index in [2.05, 4.69) is 4.98 Å². The lowest BCUT2D eigenvalue weighted by Gasteiger charge is -2.35. The van der Waals surface area contributed by atoms with Gasteiger partial charge in [-0.3, -0.25) is 9.78 Å². The number of hydrogen-bond acceptors (Lipinski definition) is 5. The highest BCUT2D eigenvalue weighted by Crippen LogP contribution is 2.39. The molecule has 1 aliphatic heterocycles. The zero-order valence-corrected chi connectivity index (χ0v) is 15.6. The third kappa shape index (κ3) is 3.67. The standard InChI is InChI=1S/C21H23FN2O4/c1-27-20-10-23-7-6-17(20)21(26)24-11-13-8-18(25)19(9-14(13)12-24)28-16-4-2-15(22)3-5-16/h2-7,10,13-14,18-19,25H,8-9,11-12H2,1H3/t13-,14+,18+,19+/m0/s1. The number of nitrogens with zero attached hydrogens (tertiary/aromatic N) is 2. The van der Waals surface area contributed by atoms with Crippen LogP contribution in [0.2, 0.25) is 0 Å². The van der Waals surface area contributed by atoms with Crippen molar-refractivity contribution < 1.29 is 23.8 Å². The first kappa shape index (κ1) is 18.7. The Morgan fingerprint density at radius 2 is 1.89 bits per heavy atom. The van der Waals surface area contributed by atoms with Gasteiger partial charge in [-0.1, -0.05) is 0 Å². The van der Waals surface area contributed by atoms with Crippen LogP contribution in [0.5, 0.6) is 11.5 Å². The molecule has 7 heteroatoms. The molecule has 0 bridgehead atoms. The lowest BCUT2D eigenvalue weighted by molar-refractivity contribution is -0.0231. The number of benzene rings is 1. The molecule has 1 saturated heterocycles. The van der Waals surface area contributed by atoms with Crippen molar-refractivity contribution in [2.24, 2.45) is 11.8 Å². The number of aromatic nitrogens is 1. The maximum atomic E-state index is 13.1. The van der Waals surface area contributed by atoms with E-state index in [1.54, 1.807) is 24.4 Å². The Kier molecular flexibility index (Phi) is 5.17. The Morgan fingerprint density at radius 3 is 2.61 bits per heavy atom. The largest absolute Gasteiger partial charge is 0.494 e. The van der Waals surface area contributed by atoms with Crippen molar-refractivity contribution in [3.63, 3.8) is 0 Å². The van der Waals surface area contributed by atoms with Gasteiger partial charge in [0, 0.05) is 19.3 Å². The van der Waals surface area contributed by atoms with Crippen LogP contribution in [0.1, 0.15) is 23.2 Å². The number of pyridine rings is 1. The highest BCUT2D eigenvalue weighted by Gasteiger charge is 2.44. The number of amides is 1. The van der Waals surface area contributed by atoms with Crippen LogP contribution < -0.4 is 9.47 Å². The van der Waals surface area contributed by atoms with Gasteiger partial charge in [-0.2, -0.15) is 0 Å². The number of ether oxygens (including phenoxy) is 2. The number of rotatable bonds is 4. The van der Waals surface area contributed by atoms with Gasteiger partial charge in [0.05, 0.1) is 25.0 Å². The molecule has 1 saturated carbocycles. The van der Waals surface area contributed by atoms with E-state index in [0.29, 0.717) is 43.0 Å². The SMILES string of the molecule is COc1cnccc1C(=O)N1C[C@H]2C[C@@H](Oc3ccc(F)cc3)[C@H](O)C[C@H]2C1. The van der Waals surface area contributed by atoms with Crippen molar-refractivity contribution in [1.29, 1.82) is 0 Å². The molecule has 1 aromatic carbocycles. The lowest BCUT2D eigenvalue weighted by atomic mass is 9.78. The quantitative estimate of drug-likeness (QED) is 0.874. The molecule has 0 spiro atoms. The van der Waals surface area contributed by atoms with Crippen LogP contribution >= 0.6 is 0 Å². The molecule has 6 nitrogen and oxygen atoms in total. The van der Waals surface area contributed by atoms with Crippen LogP contribution in [0.4, 0.5) is 4.39 Å². The highest BCUT2D eigenvalue weighted by molar-refractivity contribution is 5.97. The number of aliphatic hydroxyl groups is 1. The summed E-state index contributed by atoms with van der Waals surface area (Å²) >= 11 is 0. The number of hydrogen-bond donors (Lipinski definition) is 1. The molecular formula is C21H23FN2O4. The van der Waals surface area contributed by atoms with Gasteiger partial charge in [0.25, 0.3) is 5.91 Å². The first-order valence-electron chi connectivity index (χ1n) is 9.42. The highest BCUT2D eigenvalue weighted by atomic mass is 19.1. The Morgan fingerprint density at radius 1 is 1.18 bits per heavy atom. The molecule has 4 rings (SSSR count). The van der Waals surface area contributed by atoms with E-state index >= 15 is 0 Å². The van der Waals surface area contributed by atoms with E-state index in [1.807, 2.05) is 4.90 Å².